The van der Waals surface area contributed by atoms with E-state index in [4.69, 9.17) is 5.73 Å². The summed E-state index contributed by atoms with van der Waals surface area (Å²) in [4.78, 5) is 0. The van der Waals surface area contributed by atoms with Crippen LogP contribution in [0.3, 0.4) is 0 Å². The van der Waals surface area contributed by atoms with Crippen LogP contribution >= 0.6 is 0 Å². The van der Waals surface area contributed by atoms with Gasteiger partial charge in [0.2, 0.25) is 0 Å². The summed E-state index contributed by atoms with van der Waals surface area (Å²) in [6.07, 6.45) is 3.71. The summed E-state index contributed by atoms with van der Waals surface area (Å²) < 4.78 is 13.0. The maximum Gasteiger partial charge on any atom is 0.125 e. The molecule has 1 aromatic carbocycles. The van der Waals surface area contributed by atoms with Crippen LogP contribution in [0.2, 0.25) is 0 Å². The highest BCUT2D eigenvalue weighted by atomic mass is 19.1. The monoisotopic (exact) mass is 224 g/mol. The molecule has 16 heavy (non-hydrogen) atoms. The van der Waals surface area contributed by atoms with Crippen molar-refractivity contribution in [3.63, 3.8) is 0 Å². The zero-order valence-electron chi connectivity index (χ0n) is 9.17. The highest BCUT2D eigenvalue weighted by molar-refractivity contribution is 5.65. The van der Waals surface area contributed by atoms with Gasteiger partial charge in [0.15, 0.2) is 0 Å². The van der Waals surface area contributed by atoms with Gasteiger partial charge in [-0.3, -0.25) is 0 Å². The minimum absolute atomic E-state index is 0.324. The molecule has 0 aromatic heterocycles. The highest BCUT2D eigenvalue weighted by Gasteiger charge is 2.30. The molecule has 1 aliphatic rings. The Hall–Kier alpha value is -1.29. The topological polar surface area (TPSA) is 58.3 Å². The Morgan fingerprint density at radius 1 is 1.38 bits per heavy atom. The van der Waals surface area contributed by atoms with Gasteiger partial charge in [0.25, 0.3) is 0 Å². The van der Waals surface area contributed by atoms with Gasteiger partial charge in [-0.15, -0.1) is 0 Å². The number of benzene rings is 1. The minimum atomic E-state index is -0.654. The predicted octanol–water partition coefficient (Wildman–Crippen LogP) is 2.12. The Morgan fingerprint density at radius 3 is 2.75 bits per heavy atom. The first-order valence-electron chi connectivity index (χ1n) is 5.60. The van der Waals surface area contributed by atoms with Crippen LogP contribution < -0.4 is 11.1 Å². The van der Waals surface area contributed by atoms with Crippen LogP contribution in [-0.2, 0) is 0 Å². The lowest BCUT2D eigenvalue weighted by Crippen LogP contribution is -2.33. The van der Waals surface area contributed by atoms with Gasteiger partial charge in [-0.2, -0.15) is 0 Å². The summed E-state index contributed by atoms with van der Waals surface area (Å²) in [7, 11) is 0. The van der Waals surface area contributed by atoms with Crippen LogP contribution in [0.15, 0.2) is 18.2 Å². The number of hydrogen-bond acceptors (Lipinski definition) is 3. The number of halogens is 1. The molecule has 1 aliphatic carbocycles. The lowest BCUT2D eigenvalue weighted by molar-refractivity contribution is 0.0615. The van der Waals surface area contributed by atoms with E-state index in [0.717, 1.165) is 25.7 Å². The molecule has 0 radical (unpaired) electrons. The molecule has 4 heteroatoms. The van der Waals surface area contributed by atoms with Crippen LogP contribution in [0.5, 0.6) is 0 Å². The number of nitrogen functional groups attached to an aromatic ring is 1. The molecule has 3 nitrogen and oxygen atoms in total. The van der Waals surface area contributed by atoms with Crippen molar-refractivity contribution in [3.05, 3.63) is 24.0 Å². The van der Waals surface area contributed by atoms with Gasteiger partial charge in [-0.1, -0.05) is 12.8 Å². The largest absolute Gasteiger partial charge is 0.397 e. The molecule has 88 valence electrons. The lowest BCUT2D eigenvalue weighted by atomic mass is 10.0. The Bertz CT molecular complexity index is 375. The van der Waals surface area contributed by atoms with E-state index in [2.05, 4.69) is 5.32 Å². The zero-order chi connectivity index (χ0) is 11.6. The first-order valence-corrected chi connectivity index (χ1v) is 5.60. The molecule has 1 aromatic rings. The van der Waals surface area contributed by atoms with E-state index in [1.807, 2.05) is 0 Å². The molecule has 0 unspecified atom stereocenters. The molecule has 4 N–H and O–H groups in total. The SMILES string of the molecule is Nc1ccc(F)cc1NCC1(O)CCCC1. The normalized spacial score (nSPS) is 18.6. The average molecular weight is 224 g/mol. The lowest BCUT2D eigenvalue weighted by Gasteiger charge is -2.23. The van der Waals surface area contributed by atoms with Crippen LogP contribution in [0.4, 0.5) is 15.8 Å². The van der Waals surface area contributed by atoms with Crippen molar-refractivity contribution in [2.45, 2.75) is 31.3 Å². The Kier molecular flexibility index (Phi) is 3.01. The van der Waals surface area contributed by atoms with E-state index in [1.165, 1.54) is 18.2 Å². The molecule has 0 atom stereocenters. The zero-order valence-corrected chi connectivity index (χ0v) is 9.17. The molecule has 0 saturated heterocycles. The van der Waals surface area contributed by atoms with E-state index in [-0.39, 0.29) is 5.82 Å². The number of rotatable bonds is 3. The van der Waals surface area contributed by atoms with Crippen LogP contribution in [-0.4, -0.2) is 17.3 Å². The smallest absolute Gasteiger partial charge is 0.125 e. The Labute approximate surface area is 94.5 Å². The van der Waals surface area contributed by atoms with Crippen LogP contribution in [0, 0.1) is 5.82 Å². The third-order valence-electron chi connectivity index (χ3n) is 3.16. The van der Waals surface area contributed by atoms with E-state index < -0.39 is 5.60 Å². The quantitative estimate of drug-likeness (QED) is 0.689. The number of nitrogens with one attached hydrogen (secondary N) is 1. The van der Waals surface area contributed by atoms with Crippen molar-refractivity contribution in [1.82, 2.24) is 0 Å². The van der Waals surface area contributed by atoms with Gasteiger partial charge in [-0.25, -0.2) is 4.39 Å². The third-order valence-corrected chi connectivity index (χ3v) is 3.16. The van der Waals surface area contributed by atoms with Gasteiger partial charge in [0.1, 0.15) is 5.82 Å². The van der Waals surface area contributed by atoms with Crippen molar-refractivity contribution >= 4 is 11.4 Å². The molecule has 2 rings (SSSR count). The maximum atomic E-state index is 13.0. The summed E-state index contributed by atoms with van der Waals surface area (Å²) >= 11 is 0. The fraction of sp³-hybridized carbons (Fsp3) is 0.500. The number of aliphatic hydroxyl groups is 1. The van der Waals surface area contributed by atoms with E-state index in [0.29, 0.717) is 17.9 Å². The third kappa shape index (κ3) is 2.44. The van der Waals surface area contributed by atoms with Crippen molar-refractivity contribution in [2.75, 3.05) is 17.6 Å². The molecule has 0 heterocycles. The first-order chi connectivity index (χ1) is 7.59. The van der Waals surface area contributed by atoms with Crippen molar-refractivity contribution in [1.29, 1.82) is 0 Å². The van der Waals surface area contributed by atoms with E-state index >= 15 is 0 Å². The molecule has 0 bridgehead atoms. The molecular formula is C12H17FN2O. The fourth-order valence-electron chi connectivity index (χ4n) is 2.15. The molecule has 0 amide bonds. The summed E-state index contributed by atoms with van der Waals surface area (Å²) in [5.74, 6) is -0.324. The first kappa shape index (κ1) is 11.2. The van der Waals surface area contributed by atoms with Crippen molar-refractivity contribution in [2.24, 2.45) is 0 Å². The van der Waals surface area contributed by atoms with Gasteiger partial charge in [0, 0.05) is 6.54 Å². The number of nitrogens with two attached hydrogens (primary N) is 1. The predicted molar refractivity (Wildman–Crippen MR) is 62.7 cm³/mol. The van der Waals surface area contributed by atoms with Gasteiger partial charge in [-0.05, 0) is 31.0 Å². The van der Waals surface area contributed by atoms with Gasteiger partial charge >= 0.3 is 0 Å². The molecule has 0 aliphatic heterocycles. The van der Waals surface area contributed by atoms with Crippen LogP contribution in [0.25, 0.3) is 0 Å². The Balaban J connectivity index is 2.01. The van der Waals surface area contributed by atoms with Crippen LogP contribution in [0.1, 0.15) is 25.7 Å². The van der Waals surface area contributed by atoms with E-state index in [1.54, 1.807) is 0 Å². The summed E-state index contributed by atoms with van der Waals surface area (Å²) in [5, 5.41) is 13.1. The maximum absolute atomic E-state index is 13.0. The Morgan fingerprint density at radius 2 is 2.06 bits per heavy atom. The van der Waals surface area contributed by atoms with Crippen molar-refractivity contribution in [3.8, 4) is 0 Å². The average Bonchev–Trinajstić information content (AvgIpc) is 2.67. The van der Waals surface area contributed by atoms with Gasteiger partial charge < -0.3 is 16.2 Å². The second-order valence-corrected chi connectivity index (χ2v) is 4.52. The highest BCUT2D eigenvalue weighted by Crippen LogP contribution is 2.30. The summed E-state index contributed by atoms with van der Waals surface area (Å²) in [5.41, 5.74) is 6.11. The number of anilines is 2. The van der Waals surface area contributed by atoms with E-state index in [9.17, 15) is 9.50 Å². The summed E-state index contributed by atoms with van der Waals surface area (Å²) in [6, 6.07) is 4.20. The molecule has 1 fully saturated rings. The minimum Gasteiger partial charge on any atom is -0.397 e. The van der Waals surface area contributed by atoms with Gasteiger partial charge in [0.05, 0.1) is 17.0 Å². The summed E-state index contributed by atoms with van der Waals surface area (Å²) in [6.45, 7) is 0.431. The second kappa shape index (κ2) is 4.29. The molecule has 0 spiro atoms. The number of hydrogen-bond donors (Lipinski definition) is 3. The fourth-order valence-corrected chi connectivity index (χ4v) is 2.15. The molecule has 1 saturated carbocycles. The second-order valence-electron chi connectivity index (χ2n) is 4.52. The standard InChI is InChI=1S/C12H17FN2O/c13-9-3-4-10(14)11(7-9)15-8-12(16)5-1-2-6-12/h3-4,7,15-16H,1-2,5-6,8,14H2. The van der Waals surface area contributed by atoms with Crippen molar-refractivity contribution < 1.29 is 9.50 Å². The molecular weight excluding hydrogens is 207 g/mol.